The molecular formula is C34H47ClN6O4. The van der Waals surface area contributed by atoms with E-state index in [-0.39, 0.29) is 35.8 Å². The van der Waals surface area contributed by atoms with Gasteiger partial charge in [-0.25, -0.2) is 9.78 Å². The zero-order valence-corrected chi connectivity index (χ0v) is 28.3. The van der Waals surface area contributed by atoms with Crippen molar-refractivity contribution < 1.29 is 19.1 Å². The summed E-state index contributed by atoms with van der Waals surface area (Å²) in [7, 11) is 3.13. The minimum absolute atomic E-state index is 0.0798. The fraction of sp³-hybridized carbons (Fsp3) is 0.529. The van der Waals surface area contributed by atoms with Crippen LogP contribution in [-0.4, -0.2) is 61.2 Å². The molecule has 2 aromatic carbocycles. The molecule has 1 aliphatic rings. The summed E-state index contributed by atoms with van der Waals surface area (Å²) >= 11 is 6.73. The minimum atomic E-state index is -1.12. The van der Waals surface area contributed by atoms with Crippen molar-refractivity contribution in [3.63, 3.8) is 0 Å². The van der Waals surface area contributed by atoms with Crippen molar-refractivity contribution in [3.8, 4) is 0 Å². The van der Waals surface area contributed by atoms with Crippen molar-refractivity contribution in [1.29, 1.82) is 0 Å². The summed E-state index contributed by atoms with van der Waals surface area (Å²) in [5, 5.41) is 12.3. The van der Waals surface area contributed by atoms with E-state index in [2.05, 4.69) is 33.2 Å². The Morgan fingerprint density at radius 3 is 2.36 bits per heavy atom. The van der Waals surface area contributed by atoms with E-state index in [0.717, 1.165) is 18.4 Å². The number of benzene rings is 2. The van der Waals surface area contributed by atoms with Gasteiger partial charge < -0.3 is 31.0 Å². The van der Waals surface area contributed by atoms with Gasteiger partial charge in [-0.3, -0.25) is 9.59 Å². The Kier molecular flexibility index (Phi) is 10.2. The number of carbonyl (C=O) groups excluding carboxylic acids is 3. The number of hydrogen-bond acceptors (Lipinski definition) is 5. The number of halogens is 1. The highest BCUT2D eigenvalue weighted by atomic mass is 35.5. The number of amides is 4. The number of nitrogens with zero attached hydrogens (tertiary/aromatic N) is 1. The molecule has 4 rings (SSSR count). The molecule has 3 aromatic rings. The van der Waals surface area contributed by atoms with Crippen LogP contribution >= 0.6 is 11.6 Å². The number of carbonyl (C=O) groups is 3. The van der Waals surface area contributed by atoms with Crippen molar-refractivity contribution in [3.05, 3.63) is 64.4 Å². The van der Waals surface area contributed by atoms with Crippen LogP contribution < -0.4 is 21.3 Å². The van der Waals surface area contributed by atoms with E-state index < -0.39 is 22.9 Å². The average molecular weight is 639 g/mol. The molecule has 4 amide bonds. The van der Waals surface area contributed by atoms with Crippen LogP contribution in [0.4, 0.5) is 4.79 Å². The number of rotatable bonds is 12. The van der Waals surface area contributed by atoms with Crippen molar-refractivity contribution in [2.45, 2.75) is 77.8 Å². The summed E-state index contributed by atoms with van der Waals surface area (Å²) in [5.41, 5.74) is 1.32. The van der Waals surface area contributed by atoms with E-state index in [1.54, 1.807) is 21.1 Å². The molecule has 0 spiro atoms. The third-order valence-electron chi connectivity index (χ3n) is 9.00. The first-order chi connectivity index (χ1) is 21.2. The number of likely N-dealkylation sites (N-methyl/N-ethyl adjacent to an activating group) is 1. The molecule has 4 atom stereocenters. The van der Waals surface area contributed by atoms with Crippen molar-refractivity contribution in [1.82, 2.24) is 31.2 Å². The van der Waals surface area contributed by atoms with E-state index >= 15 is 0 Å². The van der Waals surface area contributed by atoms with Crippen LogP contribution in [0.15, 0.2) is 42.5 Å². The van der Waals surface area contributed by atoms with Gasteiger partial charge in [-0.1, -0.05) is 63.6 Å². The van der Waals surface area contributed by atoms with Crippen LogP contribution in [0.1, 0.15) is 83.3 Å². The Hall–Kier alpha value is -3.63. The zero-order chi connectivity index (χ0) is 33.2. The molecule has 1 fully saturated rings. The molecule has 1 heterocycles. The Balaban J connectivity index is 1.76. The minimum Gasteiger partial charge on any atom is -0.383 e. The predicted molar refractivity (Wildman–Crippen MR) is 177 cm³/mol. The lowest BCUT2D eigenvalue weighted by molar-refractivity contribution is -0.135. The van der Waals surface area contributed by atoms with Gasteiger partial charge in [0.25, 0.3) is 0 Å². The van der Waals surface area contributed by atoms with Gasteiger partial charge in [0.15, 0.2) is 0 Å². The smallest absolute Gasteiger partial charge is 0.315 e. The number of methoxy groups -OCH3 is 1. The quantitative estimate of drug-likeness (QED) is 0.182. The van der Waals surface area contributed by atoms with Crippen LogP contribution in [0.2, 0.25) is 5.02 Å². The second-order valence-corrected chi connectivity index (χ2v) is 14.0. The largest absolute Gasteiger partial charge is 0.383 e. The molecule has 1 unspecified atom stereocenters. The molecule has 1 aliphatic carbocycles. The monoisotopic (exact) mass is 638 g/mol. The van der Waals surface area contributed by atoms with Gasteiger partial charge in [-0.05, 0) is 66.8 Å². The standard InChI is InChI=1S/C34H47ClN6O4/c1-9-37-29(42)27(32(2,3)4)41-30(43)34(6,19-45-8)20-14-15-23-24(18-20)39-28(38-23)26(40-31(44)36-7)25(33(5)16-17-33)21-12-10-11-13-22(21)35/h10-15,18,25-27H,9,16-17,19H2,1-8H3,(H,37,42)(H,38,39)(H,41,43)(H2,36,40,44)/t25-,26-,27-,34?/m0/s1. The lowest BCUT2D eigenvalue weighted by Crippen LogP contribution is -2.58. The van der Waals surface area contributed by atoms with E-state index in [1.807, 2.05) is 70.2 Å². The maximum atomic E-state index is 14.0. The van der Waals surface area contributed by atoms with Crippen LogP contribution in [0.3, 0.4) is 0 Å². The van der Waals surface area contributed by atoms with Gasteiger partial charge in [0.05, 0.1) is 29.1 Å². The van der Waals surface area contributed by atoms with Gasteiger partial charge in [-0.15, -0.1) is 0 Å². The Bertz CT molecular complexity index is 1540. The van der Waals surface area contributed by atoms with E-state index in [9.17, 15) is 14.4 Å². The molecule has 0 aliphatic heterocycles. The van der Waals surface area contributed by atoms with Gasteiger partial charge in [-0.2, -0.15) is 0 Å². The number of nitrogens with one attached hydrogen (secondary N) is 5. The molecular weight excluding hydrogens is 592 g/mol. The SMILES string of the molecule is CCNC(=O)[C@H](NC(=O)C(C)(COC)c1ccc2nc([C@@H](NC(=O)NC)[C@H](c3ccccc3Cl)C3(C)CC3)[nH]c2c1)C(C)(C)C. The predicted octanol–water partition coefficient (Wildman–Crippen LogP) is 5.34. The number of imidazole rings is 1. The van der Waals surface area contributed by atoms with E-state index in [4.69, 9.17) is 21.3 Å². The van der Waals surface area contributed by atoms with Crippen molar-refractivity contribution >= 4 is 40.5 Å². The van der Waals surface area contributed by atoms with Gasteiger partial charge in [0.1, 0.15) is 11.9 Å². The first-order valence-corrected chi connectivity index (χ1v) is 15.9. The number of aromatic amines is 1. The highest BCUT2D eigenvalue weighted by molar-refractivity contribution is 6.31. The van der Waals surface area contributed by atoms with Crippen LogP contribution in [0.5, 0.6) is 0 Å². The zero-order valence-electron chi connectivity index (χ0n) is 27.6. The topological polar surface area (TPSA) is 137 Å². The van der Waals surface area contributed by atoms with Crippen molar-refractivity contribution in [2.24, 2.45) is 10.8 Å². The lowest BCUT2D eigenvalue weighted by atomic mass is 9.78. The van der Waals surface area contributed by atoms with Gasteiger partial charge >= 0.3 is 6.03 Å². The maximum absolute atomic E-state index is 14.0. The van der Waals surface area contributed by atoms with Crippen LogP contribution in [0, 0.1) is 10.8 Å². The molecule has 0 saturated heterocycles. The van der Waals surface area contributed by atoms with E-state index in [1.165, 1.54) is 0 Å². The Morgan fingerprint density at radius 1 is 1.09 bits per heavy atom. The van der Waals surface area contributed by atoms with Crippen molar-refractivity contribution in [2.75, 3.05) is 27.3 Å². The van der Waals surface area contributed by atoms with Gasteiger partial charge in [0.2, 0.25) is 11.8 Å². The summed E-state index contributed by atoms with van der Waals surface area (Å²) in [5.74, 6) is -0.115. The average Bonchev–Trinajstić information content (AvgIpc) is 3.58. The molecule has 10 nitrogen and oxygen atoms in total. The molecule has 244 valence electrons. The summed E-state index contributed by atoms with van der Waals surface area (Å²) < 4.78 is 5.55. The Labute approximate surface area is 270 Å². The molecule has 5 N–H and O–H groups in total. The normalized spacial score (nSPS) is 17.4. The number of urea groups is 1. The van der Waals surface area contributed by atoms with Crippen LogP contribution in [-0.2, 0) is 19.7 Å². The number of ether oxygens (including phenoxy) is 1. The number of aromatic nitrogens is 2. The fourth-order valence-electron chi connectivity index (χ4n) is 6.05. The summed E-state index contributed by atoms with van der Waals surface area (Å²) in [6.45, 7) is 12.2. The fourth-order valence-corrected chi connectivity index (χ4v) is 6.30. The number of H-pyrrole nitrogens is 1. The van der Waals surface area contributed by atoms with Crippen LogP contribution in [0.25, 0.3) is 11.0 Å². The van der Waals surface area contributed by atoms with E-state index in [0.29, 0.717) is 34.0 Å². The number of hydrogen-bond donors (Lipinski definition) is 5. The first-order valence-electron chi connectivity index (χ1n) is 15.5. The highest BCUT2D eigenvalue weighted by Crippen LogP contribution is 2.60. The molecule has 45 heavy (non-hydrogen) atoms. The second kappa shape index (κ2) is 13.4. The third kappa shape index (κ3) is 7.28. The Morgan fingerprint density at radius 2 is 1.78 bits per heavy atom. The first kappa shape index (κ1) is 34.2. The molecule has 1 aromatic heterocycles. The summed E-state index contributed by atoms with van der Waals surface area (Å²) in [6, 6.07) is 11.8. The second-order valence-electron chi connectivity index (χ2n) is 13.6. The molecule has 1 saturated carbocycles. The van der Waals surface area contributed by atoms with Gasteiger partial charge in [0, 0.05) is 31.6 Å². The molecule has 0 bridgehead atoms. The number of fused-ring (bicyclic) bond motifs is 1. The highest BCUT2D eigenvalue weighted by Gasteiger charge is 2.51. The molecule has 11 heteroatoms. The third-order valence-corrected chi connectivity index (χ3v) is 9.34. The molecule has 0 radical (unpaired) electrons. The summed E-state index contributed by atoms with van der Waals surface area (Å²) in [6.07, 6.45) is 1.99. The maximum Gasteiger partial charge on any atom is 0.315 e. The summed E-state index contributed by atoms with van der Waals surface area (Å²) in [4.78, 5) is 48.0. The lowest BCUT2D eigenvalue weighted by Gasteiger charge is -2.35.